The van der Waals surface area contributed by atoms with Crippen LogP contribution in [0.3, 0.4) is 0 Å². The van der Waals surface area contributed by atoms with Gasteiger partial charge in [-0.25, -0.2) is 9.78 Å². The van der Waals surface area contributed by atoms with Gasteiger partial charge in [-0.1, -0.05) is 0 Å². The number of fused-ring (bicyclic) bond motifs is 2. The standard InChI is InChI=1S/C26H30N4O6/c1-17-6-8-29-15-19(27-22(29)13-17)25(32)28-9-7-20-24(26(33)34-2)21(14-23(31)30(20)11-10-28)36-16-18-5-3-4-12-35-18/h6,8,13-15,18H,3-5,7,9-12,16H2,1-2H3. The quantitative estimate of drug-likeness (QED) is 0.501. The van der Waals surface area contributed by atoms with Gasteiger partial charge in [0.05, 0.1) is 13.2 Å². The van der Waals surface area contributed by atoms with Crippen molar-refractivity contribution in [2.24, 2.45) is 0 Å². The highest BCUT2D eigenvalue weighted by Gasteiger charge is 2.29. The highest BCUT2D eigenvalue weighted by molar-refractivity contribution is 5.94. The third-order valence-electron chi connectivity index (χ3n) is 6.80. The summed E-state index contributed by atoms with van der Waals surface area (Å²) in [6, 6.07) is 5.20. The summed E-state index contributed by atoms with van der Waals surface area (Å²) in [6.07, 6.45) is 6.75. The molecular weight excluding hydrogens is 464 g/mol. The zero-order chi connectivity index (χ0) is 25.2. The molecular formula is C26H30N4O6. The molecule has 0 saturated carbocycles. The van der Waals surface area contributed by atoms with Gasteiger partial charge in [-0.05, 0) is 43.9 Å². The van der Waals surface area contributed by atoms with Crippen LogP contribution in [-0.2, 0) is 22.4 Å². The predicted octanol–water partition coefficient (Wildman–Crippen LogP) is 2.24. The van der Waals surface area contributed by atoms with Gasteiger partial charge >= 0.3 is 5.97 Å². The second-order valence-electron chi connectivity index (χ2n) is 9.25. The summed E-state index contributed by atoms with van der Waals surface area (Å²) in [4.78, 5) is 45.3. The fourth-order valence-corrected chi connectivity index (χ4v) is 4.86. The highest BCUT2D eigenvalue weighted by Crippen LogP contribution is 2.25. The first-order chi connectivity index (χ1) is 17.4. The van der Waals surface area contributed by atoms with Crippen molar-refractivity contribution in [2.75, 3.05) is 33.4 Å². The van der Waals surface area contributed by atoms with Gasteiger partial charge in [-0.2, -0.15) is 0 Å². The van der Waals surface area contributed by atoms with Gasteiger partial charge in [0.1, 0.15) is 29.3 Å². The normalized spacial score (nSPS) is 17.9. The number of nitrogens with zero attached hydrogens (tertiary/aromatic N) is 4. The van der Waals surface area contributed by atoms with Crippen LogP contribution in [-0.4, -0.2) is 70.2 Å². The van der Waals surface area contributed by atoms with Crippen molar-refractivity contribution in [1.82, 2.24) is 18.9 Å². The van der Waals surface area contributed by atoms with Crippen molar-refractivity contribution in [3.8, 4) is 5.75 Å². The summed E-state index contributed by atoms with van der Waals surface area (Å²) in [7, 11) is 1.30. The Balaban J connectivity index is 1.40. The number of carbonyl (C=O) groups excluding carboxylic acids is 2. The number of imidazole rings is 1. The number of methoxy groups -OCH3 is 1. The molecule has 2 aliphatic rings. The number of amides is 1. The summed E-state index contributed by atoms with van der Waals surface area (Å²) < 4.78 is 20.1. The average molecular weight is 495 g/mol. The number of esters is 1. The number of hydrogen-bond acceptors (Lipinski definition) is 7. The van der Waals surface area contributed by atoms with Crippen LogP contribution in [0.5, 0.6) is 5.75 Å². The predicted molar refractivity (Wildman–Crippen MR) is 131 cm³/mol. The van der Waals surface area contributed by atoms with Crippen molar-refractivity contribution >= 4 is 17.5 Å². The van der Waals surface area contributed by atoms with Crippen molar-refractivity contribution in [3.05, 3.63) is 63.5 Å². The van der Waals surface area contributed by atoms with Gasteiger partial charge in [-0.15, -0.1) is 0 Å². The molecule has 1 fully saturated rings. The largest absolute Gasteiger partial charge is 0.490 e. The first-order valence-corrected chi connectivity index (χ1v) is 12.3. The van der Waals surface area contributed by atoms with E-state index >= 15 is 0 Å². The van der Waals surface area contributed by atoms with Crippen molar-refractivity contribution in [1.29, 1.82) is 0 Å². The van der Waals surface area contributed by atoms with E-state index in [1.54, 1.807) is 11.1 Å². The SMILES string of the molecule is COC(=O)c1c(OCC2CCCCO2)cc(=O)n2c1CCN(C(=O)c1cn3ccc(C)cc3n1)CC2. The molecule has 10 nitrogen and oxygen atoms in total. The molecule has 0 radical (unpaired) electrons. The third kappa shape index (κ3) is 4.73. The van der Waals surface area contributed by atoms with Crippen LogP contribution in [0.25, 0.3) is 5.65 Å². The fraction of sp³-hybridized carbons (Fsp3) is 0.462. The second kappa shape index (κ2) is 10.1. The van der Waals surface area contributed by atoms with E-state index in [4.69, 9.17) is 14.2 Å². The molecule has 1 saturated heterocycles. The van der Waals surface area contributed by atoms with Crippen LogP contribution in [0.4, 0.5) is 0 Å². The van der Waals surface area contributed by atoms with Crippen LogP contribution in [0.15, 0.2) is 35.4 Å². The monoisotopic (exact) mass is 494 g/mol. The Morgan fingerprint density at radius 2 is 2.06 bits per heavy atom. The molecule has 0 N–H and O–H groups in total. The highest BCUT2D eigenvalue weighted by atomic mass is 16.5. The minimum atomic E-state index is -0.575. The lowest BCUT2D eigenvalue weighted by Crippen LogP contribution is -2.34. The molecule has 5 rings (SSSR count). The van der Waals surface area contributed by atoms with Crippen molar-refractivity contribution in [2.45, 2.75) is 45.3 Å². The number of ether oxygens (including phenoxy) is 3. The molecule has 0 spiro atoms. The van der Waals surface area contributed by atoms with E-state index in [0.29, 0.717) is 43.2 Å². The lowest BCUT2D eigenvalue weighted by molar-refractivity contribution is -0.0114. The number of pyridine rings is 2. The third-order valence-corrected chi connectivity index (χ3v) is 6.80. The molecule has 1 amide bonds. The minimum Gasteiger partial charge on any atom is -0.490 e. The van der Waals surface area contributed by atoms with Crippen LogP contribution in [0, 0.1) is 6.92 Å². The Hall–Kier alpha value is -3.66. The van der Waals surface area contributed by atoms with E-state index in [2.05, 4.69) is 4.98 Å². The molecule has 3 aromatic heterocycles. The van der Waals surface area contributed by atoms with Crippen molar-refractivity contribution in [3.63, 3.8) is 0 Å². The molecule has 0 aliphatic carbocycles. The van der Waals surface area contributed by atoms with Crippen molar-refractivity contribution < 1.29 is 23.8 Å². The number of rotatable bonds is 5. The number of hydrogen-bond donors (Lipinski definition) is 0. The molecule has 1 unspecified atom stereocenters. The first-order valence-electron chi connectivity index (χ1n) is 12.3. The number of carbonyl (C=O) groups is 2. The lowest BCUT2D eigenvalue weighted by atomic mass is 10.1. The van der Waals surface area contributed by atoms with Gasteiger partial charge in [0.25, 0.3) is 11.5 Å². The van der Waals surface area contributed by atoms with Crippen LogP contribution < -0.4 is 10.3 Å². The van der Waals surface area contributed by atoms with E-state index < -0.39 is 5.97 Å². The Bertz CT molecular complexity index is 1350. The Morgan fingerprint density at radius 3 is 2.83 bits per heavy atom. The van der Waals surface area contributed by atoms with Gasteiger partial charge < -0.3 is 28.1 Å². The second-order valence-corrected chi connectivity index (χ2v) is 9.25. The molecule has 10 heteroatoms. The van der Waals surface area contributed by atoms with E-state index in [1.165, 1.54) is 17.7 Å². The van der Waals surface area contributed by atoms with Crippen LogP contribution >= 0.6 is 0 Å². The smallest absolute Gasteiger partial charge is 0.343 e. The number of aryl methyl sites for hydroxylation is 1. The first kappa shape index (κ1) is 24.1. The van der Waals surface area contributed by atoms with Gasteiger partial charge in [0.15, 0.2) is 0 Å². The molecule has 0 aromatic carbocycles. The van der Waals surface area contributed by atoms with Crippen LogP contribution in [0.1, 0.15) is 51.4 Å². The van der Waals surface area contributed by atoms with E-state index in [0.717, 1.165) is 24.8 Å². The minimum absolute atomic E-state index is 0.0758. The summed E-state index contributed by atoms with van der Waals surface area (Å²) >= 11 is 0. The maximum atomic E-state index is 13.3. The van der Waals surface area contributed by atoms with E-state index in [9.17, 15) is 14.4 Å². The van der Waals surface area contributed by atoms with E-state index in [-0.39, 0.29) is 42.0 Å². The summed E-state index contributed by atoms with van der Waals surface area (Å²) in [5, 5.41) is 0. The zero-order valence-electron chi connectivity index (χ0n) is 20.6. The molecule has 3 aromatic rings. The fourth-order valence-electron chi connectivity index (χ4n) is 4.86. The van der Waals surface area contributed by atoms with Gasteiger partial charge in [-0.3, -0.25) is 9.59 Å². The Labute approximate surface area is 208 Å². The zero-order valence-corrected chi connectivity index (χ0v) is 20.6. The number of aromatic nitrogens is 3. The summed E-state index contributed by atoms with van der Waals surface area (Å²) in [6.45, 7) is 3.80. The van der Waals surface area contributed by atoms with Gasteiger partial charge in [0.2, 0.25) is 0 Å². The topological polar surface area (TPSA) is 104 Å². The Kier molecular flexibility index (Phi) is 6.77. The maximum Gasteiger partial charge on any atom is 0.343 e. The molecule has 0 bridgehead atoms. The Morgan fingerprint density at radius 1 is 1.19 bits per heavy atom. The van der Waals surface area contributed by atoms with Crippen LogP contribution in [0.2, 0.25) is 0 Å². The lowest BCUT2D eigenvalue weighted by Gasteiger charge is -2.24. The summed E-state index contributed by atoms with van der Waals surface area (Å²) in [5.74, 6) is -0.598. The summed E-state index contributed by atoms with van der Waals surface area (Å²) in [5.41, 5.74) is 2.54. The molecule has 5 heterocycles. The molecule has 190 valence electrons. The molecule has 1 atom stereocenters. The van der Waals surface area contributed by atoms with E-state index in [1.807, 2.05) is 29.7 Å². The van der Waals surface area contributed by atoms with Gasteiger partial charge in [0, 0.05) is 56.8 Å². The molecule has 2 aliphatic heterocycles. The molecule has 36 heavy (non-hydrogen) atoms. The average Bonchev–Trinajstić information content (AvgIpc) is 3.18. The maximum absolute atomic E-state index is 13.3.